The highest BCUT2D eigenvalue weighted by Crippen LogP contribution is 2.27. The highest BCUT2D eigenvalue weighted by molar-refractivity contribution is 5.77. The van der Waals surface area contributed by atoms with Crippen LogP contribution in [0.15, 0.2) is 42.5 Å². The van der Waals surface area contributed by atoms with E-state index in [9.17, 15) is 9.18 Å². The van der Waals surface area contributed by atoms with Gasteiger partial charge >= 0.3 is 0 Å². The molecule has 0 bridgehead atoms. The first kappa shape index (κ1) is 16.8. The van der Waals surface area contributed by atoms with Gasteiger partial charge in [-0.15, -0.1) is 0 Å². The standard InChI is InChI=1S/C18H21FN2O2/c1-12(18-14(19)7-5-9-16(18)23-2)21-17(22)11-10-13-6-3-4-8-15(13)20/h3-9,12H,10-11,20H2,1-2H3,(H,21,22). The summed E-state index contributed by atoms with van der Waals surface area (Å²) >= 11 is 0. The maximum absolute atomic E-state index is 14.0. The number of carbonyl (C=O) groups excluding carboxylic acids is 1. The van der Waals surface area contributed by atoms with Gasteiger partial charge in [-0.05, 0) is 37.1 Å². The SMILES string of the molecule is COc1cccc(F)c1C(C)NC(=O)CCc1ccccc1N. The number of nitrogens with two attached hydrogens (primary N) is 1. The van der Waals surface area contributed by atoms with E-state index >= 15 is 0 Å². The van der Waals surface area contributed by atoms with Gasteiger partial charge in [0, 0.05) is 12.1 Å². The van der Waals surface area contributed by atoms with Crippen molar-refractivity contribution < 1.29 is 13.9 Å². The predicted molar refractivity (Wildman–Crippen MR) is 88.7 cm³/mol. The third kappa shape index (κ3) is 4.22. The zero-order chi connectivity index (χ0) is 16.8. The summed E-state index contributed by atoms with van der Waals surface area (Å²) in [6.07, 6.45) is 0.828. The molecule has 3 N–H and O–H groups in total. The number of anilines is 1. The lowest BCUT2D eigenvalue weighted by Gasteiger charge is -2.18. The maximum atomic E-state index is 14.0. The number of methoxy groups -OCH3 is 1. The molecule has 0 heterocycles. The van der Waals surface area contributed by atoms with Gasteiger partial charge in [0.2, 0.25) is 5.91 Å². The lowest BCUT2D eigenvalue weighted by atomic mass is 10.0. The Labute approximate surface area is 135 Å². The average Bonchev–Trinajstić information content (AvgIpc) is 2.53. The monoisotopic (exact) mass is 316 g/mol. The molecular weight excluding hydrogens is 295 g/mol. The molecule has 0 aromatic heterocycles. The highest BCUT2D eigenvalue weighted by Gasteiger charge is 2.18. The molecular formula is C18H21FN2O2. The van der Waals surface area contributed by atoms with Crippen molar-refractivity contribution >= 4 is 11.6 Å². The van der Waals surface area contributed by atoms with Crippen molar-refractivity contribution in [3.8, 4) is 5.75 Å². The van der Waals surface area contributed by atoms with Crippen molar-refractivity contribution in [3.05, 3.63) is 59.4 Å². The van der Waals surface area contributed by atoms with Gasteiger partial charge in [-0.25, -0.2) is 4.39 Å². The lowest BCUT2D eigenvalue weighted by Crippen LogP contribution is -2.27. The summed E-state index contributed by atoms with van der Waals surface area (Å²) in [6, 6.07) is 11.6. The molecule has 0 aliphatic carbocycles. The molecule has 4 nitrogen and oxygen atoms in total. The first-order chi connectivity index (χ1) is 11.0. The summed E-state index contributed by atoms with van der Waals surface area (Å²) in [6.45, 7) is 1.73. The van der Waals surface area contributed by atoms with E-state index in [1.807, 2.05) is 18.2 Å². The van der Waals surface area contributed by atoms with E-state index in [4.69, 9.17) is 10.5 Å². The normalized spacial score (nSPS) is 11.8. The minimum atomic E-state index is -0.480. The molecule has 2 aromatic carbocycles. The summed E-state index contributed by atoms with van der Waals surface area (Å²) < 4.78 is 19.2. The van der Waals surface area contributed by atoms with E-state index < -0.39 is 11.9 Å². The van der Waals surface area contributed by atoms with Crippen molar-refractivity contribution in [1.82, 2.24) is 5.32 Å². The summed E-state index contributed by atoms with van der Waals surface area (Å²) in [5.74, 6) is -0.138. The van der Waals surface area contributed by atoms with Gasteiger partial charge in [-0.3, -0.25) is 4.79 Å². The second-order valence-electron chi connectivity index (χ2n) is 5.34. The Balaban J connectivity index is 1.99. The Morgan fingerprint density at radius 1 is 1.26 bits per heavy atom. The summed E-state index contributed by atoms with van der Waals surface area (Å²) in [5.41, 5.74) is 7.81. The molecule has 2 aromatic rings. The summed E-state index contributed by atoms with van der Waals surface area (Å²) in [7, 11) is 1.48. The van der Waals surface area contributed by atoms with Gasteiger partial charge in [0.15, 0.2) is 0 Å². The second kappa shape index (κ2) is 7.63. The van der Waals surface area contributed by atoms with E-state index in [0.29, 0.717) is 23.4 Å². The zero-order valence-electron chi connectivity index (χ0n) is 13.3. The van der Waals surface area contributed by atoms with E-state index in [1.54, 1.807) is 25.1 Å². The molecule has 1 atom stereocenters. The van der Waals surface area contributed by atoms with Gasteiger partial charge in [0.05, 0.1) is 18.7 Å². The lowest BCUT2D eigenvalue weighted by molar-refractivity contribution is -0.121. The van der Waals surface area contributed by atoms with Gasteiger partial charge < -0.3 is 15.8 Å². The summed E-state index contributed by atoms with van der Waals surface area (Å²) in [5, 5.41) is 2.80. The Morgan fingerprint density at radius 2 is 2.00 bits per heavy atom. The fraction of sp³-hybridized carbons (Fsp3) is 0.278. The Kier molecular flexibility index (Phi) is 5.57. The number of para-hydroxylation sites is 1. The van der Waals surface area contributed by atoms with Gasteiger partial charge in [0.25, 0.3) is 0 Å². The van der Waals surface area contributed by atoms with Crippen LogP contribution in [0.2, 0.25) is 0 Å². The van der Waals surface area contributed by atoms with Crippen molar-refractivity contribution in [2.75, 3.05) is 12.8 Å². The van der Waals surface area contributed by atoms with E-state index in [0.717, 1.165) is 5.56 Å². The number of halogens is 1. The topological polar surface area (TPSA) is 64.3 Å². The number of benzene rings is 2. The largest absolute Gasteiger partial charge is 0.496 e. The molecule has 0 aliphatic heterocycles. The molecule has 122 valence electrons. The number of carbonyl (C=O) groups is 1. The highest BCUT2D eigenvalue weighted by atomic mass is 19.1. The molecule has 0 spiro atoms. The number of nitrogen functional groups attached to an aromatic ring is 1. The maximum Gasteiger partial charge on any atom is 0.220 e. The quantitative estimate of drug-likeness (QED) is 0.804. The molecule has 1 unspecified atom stereocenters. The van der Waals surface area contributed by atoms with E-state index in [1.165, 1.54) is 13.2 Å². The van der Waals surface area contributed by atoms with Crippen LogP contribution in [0, 0.1) is 5.82 Å². The molecule has 23 heavy (non-hydrogen) atoms. The fourth-order valence-corrected chi connectivity index (χ4v) is 2.51. The Hall–Kier alpha value is -2.56. The van der Waals surface area contributed by atoms with E-state index in [-0.39, 0.29) is 12.3 Å². The van der Waals surface area contributed by atoms with Crippen LogP contribution in [0.3, 0.4) is 0 Å². The molecule has 0 fully saturated rings. The van der Waals surface area contributed by atoms with Crippen molar-refractivity contribution in [1.29, 1.82) is 0 Å². The van der Waals surface area contributed by atoms with Crippen LogP contribution < -0.4 is 15.8 Å². The van der Waals surface area contributed by atoms with Crippen molar-refractivity contribution in [2.24, 2.45) is 0 Å². The molecule has 0 aliphatic rings. The number of rotatable bonds is 6. The smallest absolute Gasteiger partial charge is 0.220 e. The molecule has 0 saturated heterocycles. The van der Waals surface area contributed by atoms with Crippen molar-refractivity contribution in [3.63, 3.8) is 0 Å². The van der Waals surface area contributed by atoms with Crippen LogP contribution in [0.4, 0.5) is 10.1 Å². The molecule has 0 saturated carbocycles. The minimum Gasteiger partial charge on any atom is -0.496 e. The van der Waals surface area contributed by atoms with Crippen LogP contribution in [-0.4, -0.2) is 13.0 Å². The third-order valence-electron chi connectivity index (χ3n) is 3.72. The Bertz CT molecular complexity index is 688. The van der Waals surface area contributed by atoms with Crippen LogP contribution in [0.1, 0.15) is 30.5 Å². The van der Waals surface area contributed by atoms with Crippen LogP contribution in [-0.2, 0) is 11.2 Å². The summed E-state index contributed by atoms with van der Waals surface area (Å²) in [4.78, 5) is 12.1. The Morgan fingerprint density at radius 3 is 2.70 bits per heavy atom. The van der Waals surface area contributed by atoms with Gasteiger partial charge in [0.1, 0.15) is 11.6 Å². The second-order valence-corrected chi connectivity index (χ2v) is 5.34. The van der Waals surface area contributed by atoms with Crippen LogP contribution in [0.25, 0.3) is 0 Å². The number of hydrogen-bond donors (Lipinski definition) is 2. The number of aryl methyl sites for hydroxylation is 1. The number of nitrogens with one attached hydrogen (secondary N) is 1. The first-order valence-corrected chi connectivity index (χ1v) is 7.48. The molecule has 0 radical (unpaired) electrons. The minimum absolute atomic E-state index is 0.161. The van der Waals surface area contributed by atoms with Gasteiger partial charge in [-0.2, -0.15) is 0 Å². The molecule has 1 amide bonds. The predicted octanol–water partition coefficient (Wildman–Crippen LogP) is 3.23. The zero-order valence-corrected chi connectivity index (χ0v) is 13.3. The van der Waals surface area contributed by atoms with Crippen molar-refractivity contribution in [2.45, 2.75) is 25.8 Å². The third-order valence-corrected chi connectivity index (χ3v) is 3.72. The van der Waals surface area contributed by atoms with E-state index in [2.05, 4.69) is 5.32 Å². The number of hydrogen-bond acceptors (Lipinski definition) is 3. The van der Waals surface area contributed by atoms with Gasteiger partial charge in [-0.1, -0.05) is 24.3 Å². The fourth-order valence-electron chi connectivity index (χ4n) is 2.51. The number of amides is 1. The molecule has 2 rings (SSSR count). The average molecular weight is 316 g/mol. The van der Waals surface area contributed by atoms with Crippen LogP contribution >= 0.6 is 0 Å². The molecule has 5 heteroatoms. The van der Waals surface area contributed by atoms with Crippen LogP contribution in [0.5, 0.6) is 5.75 Å². The first-order valence-electron chi connectivity index (χ1n) is 7.48. The number of ether oxygens (including phenoxy) is 1.